The summed E-state index contributed by atoms with van der Waals surface area (Å²) >= 11 is 0. The zero-order chi connectivity index (χ0) is 12.8. The van der Waals surface area contributed by atoms with E-state index in [2.05, 4.69) is 37.3 Å². The minimum Gasteiger partial charge on any atom is -0.378 e. The van der Waals surface area contributed by atoms with Gasteiger partial charge in [-0.3, -0.25) is 0 Å². The van der Waals surface area contributed by atoms with Crippen molar-refractivity contribution in [2.24, 2.45) is 5.73 Å². The minimum atomic E-state index is -0.179. The fourth-order valence-electron chi connectivity index (χ4n) is 2.92. The van der Waals surface area contributed by atoms with Gasteiger partial charge in [0, 0.05) is 12.1 Å². The maximum atomic E-state index is 6.65. The zero-order valence-corrected chi connectivity index (χ0v) is 11.4. The van der Waals surface area contributed by atoms with Gasteiger partial charge in [0.1, 0.15) is 0 Å². The minimum absolute atomic E-state index is 0.179. The van der Waals surface area contributed by atoms with E-state index < -0.39 is 0 Å². The highest BCUT2D eigenvalue weighted by molar-refractivity contribution is 5.23. The summed E-state index contributed by atoms with van der Waals surface area (Å²) in [5, 5.41) is 0. The van der Waals surface area contributed by atoms with Crippen molar-refractivity contribution < 1.29 is 4.74 Å². The van der Waals surface area contributed by atoms with Crippen LogP contribution in [0.4, 0.5) is 0 Å². The van der Waals surface area contributed by atoms with Gasteiger partial charge in [0.25, 0.3) is 0 Å². The highest BCUT2D eigenvalue weighted by Gasteiger charge is 2.28. The summed E-state index contributed by atoms with van der Waals surface area (Å²) < 4.78 is 5.71. The first-order valence-electron chi connectivity index (χ1n) is 7.20. The smallest absolute Gasteiger partial charge is 0.0576 e. The molecular weight excluding hydrogens is 222 g/mol. The fraction of sp³-hybridized carbons (Fsp3) is 0.625. The topological polar surface area (TPSA) is 35.2 Å². The SMILES string of the molecule is CCCC(N)(CCC1CCCO1)c1ccccc1. The summed E-state index contributed by atoms with van der Waals surface area (Å²) in [5.41, 5.74) is 7.74. The Morgan fingerprint density at radius 3 is 2.67 bits per heavy atom. The number of hydrogen-bond acceptors (Lipinski definition) is 2. The molecule has 100 valence electrons. The average molecular weight is 247 g/mol. The third kappa shape index (κ3) is 3.33. The standard InChI is InChI=1S/C16H25NO/c1-2-11-16(17,14-7-4-3-5-8-14)12-10-15-9-6-13-18-15/h3-5,7-8,15H,2,6,9-13,17H2,1H3. The molecule has 2 N–H and O–H groups in total. The van der Waals surface area contributed by atoms with E-state index in [1.165, 1.54) is 18.4 Å². The molecule has 0 spiro atoms. The largest absolute Gasteiger partial charge is 0.378 e. The predicted octanol–water partition coefficient (Wildman–Crippen LogP) is 3.60. The molecule has 0 amide bonds. The Morgan fingerprint density at radius 2 is 2.06 bits per heavy atom. The lowest BCUT2D eigenvalue weighted by molar-refractivity contribution is 0.0949. The number of nitrogens with two attached hydrogens (primary N) is 1. The van der Waals surface area contributed by atoms with Crippen LogP contribution in [0.2, 0.25) is 0 Å². The monoisotopic (exact) mass is 247 g/mol. The second kappa shape index (κ2) is 6.35. The molecule has 0 bridgehead atoms. The molecule has 0 aromatic heterocycles. The normalized spacial score (nSPS) is 22.9. The van der Waals surface area contributed by atoms with Gasteiger partial charge in [-0.25, -0.2) is 0 Å². The first kappa shape index (κ1) is 13.6. The van der Waals surface area contributed by atoms with Gasteiger partial charge in [0.2, 0.25) is 0 Å². The Balaban J connectivity index is 2.01. The van der Waals surface area contributed by atoms with Crippen LogP contribution in [0.15, 0.2) is 30.3 Å². The van der Waals surface area contributed by atoms with Crippen LogP contribution in [-0.2, 0) is 10.3 Å². The third-order valence-electron chi connectivity index (χ3n) is 3.98. The summed E-state index contributed by atoms with van der Waals surface area (Å²) in [6.45, 7) is 3.14. The van der Waals surface area contributed by atoms with Crippen molar-refractivity contribution >= 4 is 0 Å². The number of benzene rings is 1. The molecule has 0 saturated carbocycles. The zero-order valence-electron chi connectivity index (χ0n) is 11.4. The van der Waals surface area contributed by atoms with Gasteiger partial charge in [-0.1, -0.05) is 43.7 Å². The van der Waals surface area contributed by atoms with Crippen LogP contribution in [-0.4, -0.2) is 12.7 Å². The van der Waals surface area contributed by atoms with E-state index in [0.717, 1.165) is 32.3 Å². The van der Waals surface area contributed by atoms with Crippen LogP contribution >= 0.6 is 0 Å². The number of rotatable bonds is 6. The first-order valence-corrected chi connectivity index (χ1v) is 7.20. The average Bonchev–Trinajstić information content (AvgIpc) is 2.91. The molecule has 1 aromatic carbocycles. The molecule has 2 atom stereocenters. The lowest BCUT2D eigenvalue weighted by atomic mass is 9.82. The van der Waals surface area contributed by atoms with E-state index in [-0.39, 0.29) is 5.54 Å². The van der Waals surface area contributed by atoms with Crippen molar-refractivity contribution in [1.29, 1.82) is 0 Å². The van der Waals surface area contributed by atoms with Gasteiger partial charge in [0.05, 0.1) is 6.10 Å². The Morgan fingerprint density at radius 1 is 1.28 bits per heavy atom. The number of ether oxygens (including phenoxy) is 1. The maximum Gasteiger partial charge on any atom is 0.0576 e. The maximum absolute atomic E-state index is 6.65. The highest BCUT2D eigenvalue weighted by Crippen LogP contribution is 2.31. The van der Waals surface area contributed by atoms with Crippen molar-refractivity contribution in [2.45, 2.75) is 57.1 Å². The van der Waals surface area contributed by atoms with Crippen LogP contribution in [0.25, 0.3) is 0 Å². The molecular formula is C16H25NO. The summed E-state index contributed by atoms with van der Waals surface area (Å²) in [6, 6.07) is 10.5. The van der Waals surface area contributed by atoms with E-state index in [0.29, 0.717) is 6.10 Å². The van der Waals surface area contributed by atoms with Crippen molar-refractivity contribution in [1.82, 2.24) is 0 Å². The van der Waals surface area contributed by atoms with E-state index in [9.17, 15) is 0 Å². The molecule has 2 unspecified atom stereocenters. The van der Waals surface area contributed by atoms with Gasteiger partial charge < -0.3 is 10.5 Å². The second-order valence-corrected chi connectivity index (χ2v) is 5.45. The molecule has 1 aromatic rings. The third-order valence-corrected chi connectivity index (χ3v) is 3.98. The first-order chi connectivity index (χ1) is 8.74. The van der Waals surface area contributed by atoms with Crippen LogP contribution in [0.3, 0.4) is 0 Å². The number of hydrogen-bond donors (Lipinski definition) is 1. The molecule has 1 fully saturated rings. The summed E-state index contributed by atoms with van der Waals surface area (Å²) in [6.07, 6.45) is 7.13. The Bertz CT molecular complexity index is 345. The summed E-state index contributed by atoms with van der Waals surface area (Å²) in [5.74, 6) is 0. The lowest BCUT2D eigenvalue weighted by Crippen LogP contribution is -2.37. The van der Waals surface area contributed by atoms with E-state index in [4.69, 9.17) is 10.5 Å². The van der Waals surface area contributed by atoms with Crippen molar-refractivity contribution in [2.75, 3.05) is 6.61 Å². The van der Waals surface area contributed by atoms with Crippen molar-refractivity contribution in [3.05, 3.63) is 35.9 Å². The summed E-state index contributed by atoms with van der Waals surface area (Å²) in [4.78, 5) is 0. The molecule has 0 radical (unpaired) electrons. The highest BCUT2D eigenvalue weighted by atomic mass is 16.5. The van der Waals surface area contributed by atoms with Crippen LogP contribution in [0, 0.1) is 0 Å². The van der Waals surface area contributed by atoms with E-state index >= 15 is 0 Å². The second-order valence-electron chi connectivity index (χ2n) is 5.45. The van der Waals surface area contributed by atoms with Gasteiger partial charge in [-0.05, 0) is 37.7 Å². The molecule has 1 aliphatic heterocycles. The summed E-state index contributed by atoms with van der Waals surface area (Å²) in [7, 11) is 0. The Hall–Kier alpha value is -0.860. The molecule has 1 aliphatic rings. The molecule has 2 nitrogen and oxygen atoms in total. The quantitative estimate of drug-likeness (QED) is 0.833. The van der Waals surface area contributed by atoms with Crippen molar-refractivity contribution in [3.63, 3.8) is 0 Å². The lowest BCUT2D eigenvalue weighted by Gasteiger charge is -2.31. The molecule has 1 saturated heterocycles. The molecule has 0 aliphatic carbocycles. The molecule has 18 heavy (non-hydrogen) atoms. The van der Waals surface area contributed by atoms with Crippen molar-refractivity contribution in [3.8, 4) is 0 Å². The molecule has 1 heterocycles. The predicted molar refractivity (Wildman–Crippen MR) is 75.4 cm³/mol. The van der Waals surface area contributed by atoms with Crippen LogP contribution in [0.1, 0.15) is 51.0 Å². The molecule has 2 rings (SSSR count). The van der Waals surface area contributed by atoms with Crippen LogP contribution in [0.5, 0.6) is 0 Å². The van der Waals surface area contributed by atoms with Gasteiger partial charge in [-0.2, -0.15) is 0 Å². The van der Waals surface area contributed by atoms with Gasteiger partial charge in [0.15, 0.2) is 0 Å². The van der Waals surface area contributed by atoms with E-state index in [1.54, 1.807) is 0 Å². The van der Waals surface area contributed by atoms with Gasteiger partial charge >= 0.3 is 0 Å². The van der Waals surface area contributed by atoms with E-state index in [1.807, 2.05) is 0 Å². The Labute approximate surface area is 111 Å². The molecule has 2 heteroatoms. The Kier molecular flexibility index (Phi) is 4.79. The van der Waals surface area contributed by atoms with Gasteiger partial charge in [-0.15, -0.1) is 0 Å². The van der Waals surface area contributed by atoms with Crippen LogP contribution < -0.4 is 5.73 Å². The fourth-order valence-corrected chi connectivity index (χ4v) is 2.92.